The van der Waals surface area contributed by atoms with Gasteiger partial charge in [0.05, 0.1) is 17.0 Å². The van der Waals surface area contributed by atoms with Crippen molar-refractivity contribution in [2.75, 3.05) is 15.4 Å². The van der Waals surface area contributed by atoms with Crippen LogP contribution in [0.15, 0.2) is 48.5 Å². The van der Waals surface area contributed by atoms with Crippen molar-refractivity contribution in [2.45, 2.75) is 18.3 Å². The predicted octanol–water partition coefficient (Wildman–Crippen LogP) is 1.25. The van der Waals surface area contributed by atoms with Crippen LogP contribution >= 0.6 is 24.8 Å². The number of carbonyl (C=O) groups excluding carboxylic acids is 2. The maximum atomic E-state index is 12.2. The summed E-state index contributed by atoms with van der Waals surface area (Å²) in [5, 5.41) is 5.29. The maximum absolute atomic E-state index is 12.2. The lowest BCUT2D eigenvalue weighted by Gasteiger charge is -2.21. The molecule has 2 rings (SSSR count). The number of aldehydes is 1. The van der Waals surface area contributed by atoms with E-state index >= 15 is 0 Å². The molecule has 0 saturated heterocycles. The van der Waals surface area contributed by atoms with Crippen LogP contribution in [0.4, 0.5) is 17.1 Å². The van der Waals surface area contributed by atoms with Crippen LogP contribution in [0, 0.1) is 5.92 Å². The first-order valence-electron chi connectivity index (χ1n) is 9.49. The summed E-state index contributed by atoms with van der Waals surface area (Å²) in [6.45, 7) is 0.425. The van der Waals surface area contributed by atoms with Crippen LogP contribution in [0.2, 0.25) is 0 Å². The van der Waals surface area contributed by atoms with Crippen molar-refractivity contribution in [1.29, 1.82) is 0 Å². The first kappa shape index (κ1) is 26.3. The summed E-state index contributed by atoms with van der Waals surface area (Å²) in [7, 11) is -4.38. The molecule has 2 aromatic rings. The third kappa shape index (κ3) is 9.63. The number of anilines is 3. The predicted molar refractivity (Wildman–Crippen MR) is 134 cm³/mol. The van der Waals surface area contributed by atoms with Gasteiger partial charge >= 0.3 is 10.3 Å². The Labute approximate surface area is 202 Å². The van der Waals surface area contributed by atoms with E-state index in [1.165, 1.54) is 24.3 Å². The van der Waals surface area contributed by atoms with Gasteiger partial charge in [0.1, 0.15) is 6.29 Å². The first-order valence-corrected chi connectivity index (χ1v) is 11.9. The number of rotatable bonds is 10. The number of nitrogens with one attached hydrogen (secondary N) is 5. The molecule has 0 aliphatic heterocycles. The van der Waals surface area contributed by atoms with Gasteiger partial charge in [-0.2, -0.15) is 21.0 Å². The Hall–Kier alpha value is -2.91. The Balaban J connectivity index is 1.81. The fourth-order valence-corrected chi connectivity index (χ4v) is 3.50. The van der Waals surface area contributed by atoms with Gasteiger partial charge in [0.25, 0.3) is 0 Å². The molecule has 0 heterocycles. The van der Waals surface area contributed by atoms with E-state index in [4.69, 9.17) is 22.5 Å². The molecule has 0 fully saturated rings. The quantitative estimate of drug-likeness (QED) is 0.0578. The number of hydrazine groups is 1. The minimum Gasteiger partial charge on any atom is -0.373 e. The van der Waals surface area contributed by atoms with Crippen LogP contribution in [0.5, 0.6) is 0 Å². The highest BCUT2D eigenvalue weighted by Crippen LogP contribution is 2.19. The molecule has 0 aromatic heterocycles. The molecule has 178 valence electrons. The van der Waals surface area contributed by atoms with E-state index in [-0.39, 0.29) is 17.2 Å². The molecule has 14 heteroatoms. The average Bonchev–Trinajstić information content (AvgIpc) is 2.77. The monoisotopic (exact) mass is 512 g/mol. The Bertz CT molecular complexity index is 1060. The summed E-state index contributed by atoms with van der Waals surface area (Å²) in [4.78, 5) is 23.7. The van der Waals surface area contributed by atoms with Crippen LogP contribution < -0.4 is 31.9 Å². The van der Waals surface area contributed by atoms with Crippen molar-refractivity contribution in [3.8, 4) is 0 Å². The number of benzene rings is 2. The molecule has 0 radical (unpaired) electrons. The fourth-order valence-electron chi connectivity index (χ4n) is 2.57. The third-order valence-electron chi connectivity index (χ3n) is 4.21. The largest absolute Gasteiger partial charge is 0.373 e. The Morgan fingerprint density at radius 1 is 1.06 bits per heavy atom. The minimum absolute atomic E-state index is 0.149. The van der Waals surface area contributed by atoms with Crippen molar-refractivity contribution in [3.63, 3.8) is 0 Å². The van der Waals surface area contributed by atoms with Crippen molar-refractivity contribution in [2.24, 2.45) is 11.7 Å². The Morgan fingerprint density at radius 3 is 2.18 bits per heavy atom. The van der Waals surface area contributed by atoms with Crippen molar-refractivity contribution in [1.82, 2.24) is 10.9 Å². The molecule has 0 saturated carbocycles. The number of hydrogen-bond donors (Lipinski definition) is 8. The normalized spacial score (nSPS) is 12.7. The molecule has 33 heavy (non-hydrogen) atoms. The molecule has 0 bridgehead atoms. The van der Waals surface area contributed by atoms with E-state index in [2.05, 4.69) is 34.1 Å². The second-order valence-electron chi connectivity index (χ2n) is 6.78. The zero-order valence-electron chi connectivity index (χ0n) is 17.2. The molecule has 2 atom stereocenters. The van der Waals surface area contributed by atoms with Crippen LogP contribution in [-0.4, -0.2) is 35.7 Å². The highest BCUT2D eigenvalue weighted by Gasteiger charge is 2.21. The van der Waals surface area contributed by atoms with Gasteiger partial charge in [-0.25, -0.2) is 0 Å². The number of nitrogens with two attached hydrogens (primary N) is 1. The van der Waals surface area contributed by atoms with E-state index in [0.717, 1.165) is 5.56 Å². The van der Waals surface area contributed by atoms with Crippen LogP contribution in [-0.2, 0) is 26.4 Å². The van der Waals surface area contributed by atoms with Gasteiger partial charge in [-0.05, 0) is 54.2 Å². The van der Waals surface area contributed by atoms with Crippen LogP contribution in [0.25, 0.3) is 0 Å². The lowest BCUT2D eigenvalue weighted by atomic mass is 10.1. The van der Waals surface area contributed by atoms with Crippen molar-refractivity contribution in [3.05, 3.63) is 54.1 Å². The Morgan fingerprint density at radius 2 is 1.64 bits per heavy atom. The summed E-state index contributed by atoms with van der Waals surface area (Å²) in [6.07, 6.45) is 0.432. The third-order valence-corrected chi connectivity index (χ3v) is 5.42. The standard InChI is InChI=1S/C19H24N6O5S3/c20-10-12-1-3-15(4-2-12)22-19(32)24-23-17(27)9-13(11-26)18(31)21-14-5-7-16(8-6-14)25-33(28,29)30/h1-8,11,13,18,21,25,31H,9-10,20H2,(H,23,27)(H2,22,24,32)(H,28,29,30). The van der Waals surface area contributed by atoms with E-state index in [9.17, 15) is 18.0 Å². The fraction of sp³-hybridized carbons (Fsp3) is 0.211. The smallest absolute Gasteiger partial charge is 0.357 e. The van der Waals surface area contributed by atoms with Crippen molar-refractivity contribution >= 4 is 69.5 Å². The summed E-state index contributed by atoms with van der Waals surface area (Å²) in [5.74, 6) is -1.26. The average molecular weight is 513 g/mol. The van der Waals surface area contributed by atoms with E-state index in [0.29, 0.717) is 24.2 Å². The molecule has 0 aliphatic rings. The number of thiocarbonyl (C=S) groups is 1. The highest BCUT2D eigenvalue weighted by atomic mass is 32.2. The van der Waals surface area contributed by atoms with Crippen molar-refractivity contribution < 1.29 is 22.6 Å². The summed E-state index contributed by atoms with van der Waals surface area (Å²) in [5.41, 5.74) is 12.9. The summed E-state index contributed by atoms with van der Waals surface area (Å²) in [6, 6.07) is 13.1. The molecule has 0 spiro atoms. The van der Waals surface area contributed by atoms with Crippen LogP contribution in [0.1, 0.15) is 12.0 Å². The highest BCUT2D eigenvalue weighted by molar-refractivity contribution is 7.87. The molecule has 8 N–H and O–H groups in total. The van der Waals surface area contributed by atoms with Gasteiger partial charge in [-0.1, -0.05) is 12.1 Å². The number of thiol groups is 1. The zero-order chi connectivity index (χ0) is 24.4. The second-order valence-corrected chi connectivity index (χ2v) is 8.89. The molecule has 11 nitrogen and oxygen atoms in total. The first-order chi connectivity index (χ1) is 15.6. The SMILES string of the molecule is NCc1ccc(NC(=S)NNC(=O)CC(C=O)C(S)Nc2ccc(NS(=O)(=O)O)cc2)cc1. The lowest BCUT2D eigenvalue weighted by Crippen LogP contribution is -2.45. The van der Waals surface area contributed by atoms with E-state index < -0.39 is 27.5 Å². The Kier molecular flexibility index (Phi) is 9.87. The summed E-state index contributed by atoms with van der Waals surface area (Å²) < 4.78 is 32.3. The van der Waals surface area contributed by atoms with Gasteiger partial charge in [0.15, 0.2) is 5.11 Å². The molecular weight excluding hydrogens is 488 g/mol. The molecular formula is C19H24N6O5S3. The number of amides is 1. The van der Waals surface area contributed by atoms with E-state index in [1.807, 2.05) is 16.9 Å². The minimum atomic E-state index is -4.38. The summed E-state index contributed by atoms with van der Waals surface area (Å²) >= 11 is 9.46. The van der Waals surface area contributed by atoms with Gasteiger partial charge in [-0.3, -0.25) is 24.9 Å². The molecule has 0 aliphatic carbocycles. The van der Waals surface area contributed by atoms with Gasteiger partial charge in [-0.15, -0.1) is 0 Å². The van der Waals surface area contributed by atoms with Gasteiger partial charge < -0.3 is 21.2 Å². The van der Waals surface area contributed by atoms with Gasteiger partial charge in [0.2, 0.25) is 5.91 Å². The lowest BCUT2D eigenvalue weighted by molar-refractivity contribution is -0.124. The molecule has 2 aromatic carbocycles. The van der Waals surface area contributed by atoms with Crippen LogP contribution in [0.3, 0.4) is 0 Å². The molecule has 2 unspecified atom stereocenters. The topological polar surface area (TPSA) is 175 Å². The molecule has 1 amide bonds. The maximum Gasteiger partial charge on any atom is 0.357 e. The second kappa shape index (κ2) is 12.4. The number of carbonyl (C=O) groups is 2. The van der Waals surface area contributed by atoms with E-state index in [1.54, 1.807) is 12.1 Å². The number of hydrogen-bond acceptors (Lipinski definition) is 8. The zero-order valence-corrected chi connectivity index (χ0v) is 19.7. The van der Waals surface area contributed by atoms with Gasteiger partial charge in [0, 0.05) is 24.3 Å².